The van der Waals surface area contributed by atoms with Crippen molar-refractivity contribution in [1.29, 1.82) is 0 Å². The van der Waals surface area contributed by atoms with Gasteiger partial charge in [-0.25, -0.2) is 0 Å². The first kappa shape index (κ1) is 26.9. The summed E-state index contributed by atoms with van der Waals surface area (Å²) in [6.07, 6.45) is 27.7. The Bertz CT molecular complexity index is 655. The van der Waals surface area contributed by atoms with Crippen molar-refractivity contribution >= 4 is 11.6 Å². The highest BCUT2D eigenvalue weighted by molar-refractivity contribution is 6.30. The zero-order chi connectivity index (χ0) is 25.2. The fourth-order valence-electron chi connectivity index (χ4n) is 10.1. The first-order valence-corrected chi connectivity index (χ1v) is 16.6. The molecular weight excluding hydrogens is 440 g/mol. The molecule has 2 heteroatoms. The van der Waals surface area contributed by atoms with Crippen molar-refractivity contribution in [1.82, 2.24) is 0 Å². The van der Waals surface area contributed by atoms with E-state index >= 15 is 0 Å². The Balaban J connectivity index is 1.07. The van der Waals surface area contributed by atoms with Gasteiger partial charge in [0.05, 0.1) is 10.8 Å². The van der Waals surface area contributed by atoms with Gasteiger partial charge in [-0.15, -0.1) is 0 Å². The summed E-state index contributed by atoms with van der Waals surface area (Å²) in [5, 5.41) is 0. The lowest BCUT2D eigenvalue weighted by Gasteiger charge is -2.58. The predicted octanol–water partition coefficient (Wildman–Crippen LogP) is 9.48. The third-order valence-electron chi connectivity index (χ3n) is 12.6. The number of ketones is 2. The molecule has 0 aromatic heterocycles. The zero-order valence-corrected chi connectivity index (χ0v) is 23.8. The molecule has 36 heavy (non-hydrogen) atoms. The second-order valence-corrected chi connectivity index (χ2v) is 14.3. The minimum Gasteiger partial charge on any atom is -0.297 e. The molecule has 0 aromatic rings. The van der Waals surface area contributed by atoms with Crippen LogP contribution in [-0.2, 0) is 9.59 Å². The fraction of sp³-hybridized carbons (Fsp3) is 0.941. The Morgan fingerprint density at radius 2 is 0.806 bits per heavy atom. The summed E-state index contributed by atoms with van der Waals surface area (Å²) < 4.78 is 0. The molecular formula is C34H56O2. The zero-order valence-electron chi connectivity index (χ0n) is 23.8. The van der Waals surface area contributed by atoms with Gasteiger partial charge in [-0.1, -0.05) is 78.1 Å². The molecule has 0 atom stereocenters. The molecule has 2 spiro atoms. The Morgan fingerprint density at radius 1 is 0.500 bits per heavy atom. The quantitative estimate of drug-likeness (QED) is 0.313. The van der Waals surface area contributed by atoms with E-state index < -0.39 is 10.8 Å². The average Bonchev–Trinajstić information content (AvgIpc) is 2.95. The number of hydrogen-bond acceptors (Lipinski definition) is 2. The van der Waals surface area contributed by atoms with Crippen LogP contribution in [0.5, 0.6) is 0 Å². The molecule has 0 aliphatic heterocycles. The number of carbonyl (C=O) groups excluding carboxylic acids is 2. The summed E-state index contributed by atoms with van der Waals surface area (Å²) >= 11 is 0. The molecule has 0 aromatic carbocycles. The standard InChI is InChI=1S/C34H56O2/c1-3-5-7-25-9-13-27(14-10-25)29-17-21-33(22-18-29)31(35)34(32(33)36)23-19-30(20-24-34)28-15-11-26(12-16-28)8-6-4-2/h25-30H,3-24H2,1-2H3. The molecule has 0 radical (unpaired) electrons. The van der Waals surface area contributed by atoms with E-state index in [0.29, 0.717) is 11.6 Å². The molecule has 5 aliphatic rings. The third kappa shape index (κ3) is 5.02. The monoisotopic (exact) mass is 496 g/mol. The summed E-state index contributed by atoms with van der Waals surface area (Å²) in [4.78, 5) is 27.5. The fourth-order valence-corrected chi connectivity index (χ4v) is 10.1. The molecule has 0 bridgehead atoms. The van der Waals surface area contributed by atoms with Gasteiger partial charge in [0.15, 0.2) is 11.6 Å². The maximum atomic E-state index is 13.8. The number of Topliss-reactive ketones (excluding diaryl/α,β-unsaturated/α-hetero) is 2. The molecule has 2 nitrogen and oxygen atoms in total. The molecule has 204 valence electrons. The summed E-state index contributed by atoms with van der Waals surface area (Å²) in [6, 6.07) is 0. The van der Waals surface area contributed by atoms with Crippen molar-refractivity contribution in [2.75, 3.05) is 0 Å². The van der Waals surface area contributed by atoms with Crippen molar-refractivity contribution in [3.8, 4) is 0 Å². The van der Waals surface area contributed by atoms with Gasteiger partial charge in [0, 0.05) is 0 Å². The molecule has 0 amide bonds. The summed E-state index contributed by atoms with van der Waals surface area (Å²) in [5.74, 6) is 6.05. The molecule has 5 saturated carbocycles. The lowest BCUT2D eigenvalue weighted by Crippen LogP contribution is -2.68. The number of rotatable bonds is 8. The smallest absolute Gasteiger partial charge is 0.159 e. The first-order valence-electron chi connectivity index (χ1n) is 16.6. The van der Waals surface area contributed by atoms with Crippen LogP contribution in [0.25, 0.3) is 0 Å². The second-order valence-electron chi connectivity index (χ2n) is 14.3. The predicted molar refractivity (Wildman–Crippen MR) is 149 cm³/mol. The van der Waals surface area contributed by atoms with E-state index in [1.165, 1.54) is 89.9 Å². The van der Waals surface area contributed by atoms with Gasteiger partial charge in [0.25, 0.3) is 0 Å². The lowest BCUT2D eigenvalue weighted by molar-refractivity contribution is -0.179. The minimum absolute atomic E-state index is 0.406. The van der Waals surface area contributed by atoms with Crippen LogP contribution in [0.4, 0.5) is 0 Å². The van der Waals surface area contributed by atoms with E-state index in [1.54, 1.807) is 0 Å². The number of hydrogen-bond donors (Lipinski definition) is 0. The van der Waals surface area contributed by atoms with Crippen LogP contribution in [0.2, 0.25) is 0 Å². The summed E-state index contributed by atoms with van der Waals surface area (Å²) in [5.41, 5.74) is -1.09. The van der Waals surface area contributed by atoms with Crippen LogP contribution >= 0.6 is 0 Å². The highest BCUT2D eigenvalue weighted by Crippen LogP contribution is 2.63. The van der Waals surface area contributed by atoms with Gasteiger partial charge < -0.3 is 0 Å². The molecule has 5 rings (SSSR count). The maximum absolute atomic E-state index is 13.8. The normalized spacial score (nSPS) is 43.6. The van der Waals surface area contributed by atoms with Gasteiger partial charge >= 0.3 is 0 Å². The van der Waals surface area contributed by atoms with Crippen molar-refractivity contribution in [3.05, 3.63) is 0 Å². The number of carbonyl (C=O) groups is 2. The van der Waals surface area contributed by atoms with Crippen molar-refractivity contribution in [2.45, 2.75) is 155 Å². The topological polar surface area (TPSA) is 34.1 Å². The third-order valence-corrected chi connectivity index (χ3v) is 12.6. The van der Waals surface area contributed by atoms with Crippen molar-refractivity contribution in [3.63, 3.8) is 0 Å². The van der Waals surface area contributed by atoms with Gasteiger partial charge in [-0.3, -0.25) is 9.59 Å². The minimum atomic E-state index is -0.543. The average molecular weight is 497 g/mol. The summed E-state index contributed by atoms with van der Waals surface area (Å²) in [7, 11) is 0. The second kappa shape index (κ2) is 11.6. The molecule has 5 aliphatic carbocycles. The highest BCUT2D eigenvalue weighted by atomic mass is 16.2. The highest BCUT2D eigenvalue weighted by Gasteiger charge is 2.71. The van der Waals surface area contributed by atoms with Crippen LogP contribution in [-0.4, -0.2) is 11.6 Å². The largest absolute Gasteiger partial charge is 0.297 e. The van der Waals surface area contributed by atoms with E-state index in [0.717, 1.165) is 86.9 Å². The Labute approximate surface area is 222 Å². The maximum Gasteiger partial charge on any atom is 0.159 e. The van der Waals surface area contributed by atoms with E-state index in [2.05, 4.69) is 13.8 Å². The van der Waals surface area contributed by atoms with E-state index in [4.69, 9.17) is 0 Å². The van der Waals surface area contributed by atoms with Crippen LogP contribution in [0.1, 0.15) is 155 Å². The van der Waals surface area contributed by atoms with Crippen LogP contribution in [0.3, 0.4) is 0 Å². The molecule has 0 unspecified atom stereocenters. The molecule has 0 saturated heterocycles. The van der Waals surface area contributed by atoms with Gasteiger partial charge in [-0.05, 0) is 113 Å². The Kier molecular flexibility index (Phi) is 8.68. The van der Waals surface area contributed by atoms with Gasteiger partial charge in [0.1, 0.15) is 0 Å². The Hall–Kier alpha value is -0.660. The van der Waals surface area contributed by atoms with Gasteiger partial charge in [0.2, 0.25) is 0 Å². The molecule has 0 N–H and O–H groups in total. The SMILES string of the molecule is CCCCC1CCC(C2CCC3(CC2)C(=O)C2(CCC(C4CCC(CCCC)CC4)CC2)C3=O)CC1. The Morgan fingerprint density at radius 3 is 1.11 bits per heavy atom. The van der Waals surface area contributed by atoms with Crippen molar-refractivity contribution in [2.24, 2.45) is 46.3 Å². The molecule has 5 fully saturated rings. The van der Waals surface area contributed by atoms with Crippen LogP contribution in [0, 0.1) is 46.3 Å². The van der Waals surface area contributed by atoms with Crippen LogP contribution in [0.15, 0.2) is 0 Å². The number of unbranched alkanes of at least 4 members (excludes halogenated alkanes) is 2. The van der Waals surface area contributed by atoms with Crippen molar-refractivity contribution < 1.29 is 9.59 Å². The van der Waals surface area contributed by atoms with Gasteiger partial charge in [-0.2, -0.15) is 0 Å². The summed E-state index contributed by atoms with van der Waals surface area (Å²) in [6.45, 7) is 4.62. The first-order chi connectivity index (χ1) is 17.5. The van der Waals surface area contributed by atoms with E-state index in [9.17, 15) is 9.59 Å². The lowest BCUT2D eigenvalue weighted by atomic mass is 9.41. The van der Waals surface area contributed by atoms with Crippen LogP contribution < -0.4 is 0 Å². The van der Waals surface area contributed by atoms with E-state index in [-0.39, 0.29) is 0 Å². The van der Waals surface area contributed by atoms with E-state index in [1.807, 2.05) is 0 Å². The molecule has 0 heterocycles.